The normalized spacial score (nSPS) is 17.9. The summed E-state index contributed by atoms with van der Waals surface area (Å²) in [6.07, 6.45) is -4.84. The summed E-state index contributed by atoms with van der Waals surface area (Å²) in [5.41, 5.74) is 0.0245. The lowest BCUT2D eigenvalue weighted by Gasteiger charge is -2.32. The van der Waals surface area contributed by atoms with E-state index < -0.39 is 24.2 Å². The number of alkyl halides is 3. The van der Waals surface area contributed by atoms with Gasteiger partial charge in [-0.25, -0.2) is 4.68 Å². The molecule has 4 rings (SSSR count). The number of rotatable bonds is 5. The molecule has 1 aliphatic rings. The number of ether oxygens (including phenoxy) is 2. The second-order valence-electron chi connectivity index (χ2n) is 6.99. The predicted molar refractivity (Wildman–Crippen MR) is 115 cm³/mol. The van der Waals surface area contributed by atoms with Crippen LogP contribution in [0.1, 0.15) is 33.9 Å². The van der Waals surface area contributed by atoms with Crippen molar-refractivity contribution in [3.05, 3.63) is 51.3 Å². The van der Waals surface area contributed by atoms with Gasteiger partial charge in [0.1, 0.15) is 10.8 Å². The summed E-state index contributed by atoms with van der Waals surface area (Å²) in [7, 11) is 2.91. The van der Waals surface area contributed by atoms with E-state index >= 15 is 0 Å². The number of carbonyl (C=O) groups excluding carboxylic acids is 1. The van der Waals surface area contributed by atoms with Gasteiger partial charge in [0.2, 0.25) is 0 Å². The first-order valence-corrected chi connectivity index (χ1v) is 10.7. The fourth-order valence-electron chi connectivity index (χ4n) is 3.51. The van der Waals surface area contributed by atoms with E-state index in [0.29, 0.717) is 17.2 Å². The van der Waals surface area contributed by atoms with Crippen molar-refractivity contribution in [2.24, 2.45) is 0 Å². The molecule has 2 atom stereocenters. The third-order valence-corrected chi connectivity index (χ3v) is 6.38. The molecule has 2 aromatic heterocycles. The van der Waals surface area contributed by atoms with Crippen LogP contribution in [0.15, 0.2) is 35.7 Å². The summed E-state index contributed by atoms with van der Waals surface area (Å²) < 4.78 is 52.6. The van der Waals surface area contributed by atoms with Crippen LogP contribution in [0, 0.1) is 0 Å². The number of amides is 1. The summed E-state index contributed by atoms with van der Waals surface area (Å²) >= 11 is 7.68. The average Bonchev–Trinajstić information content (AvgIpc) is 3.41. The van der Waals surface area contributed by atoms with Gasteiger partial charge in [0.05, 0.1) is 20.3 Å². The van der Waals surface area contributed by atoms with Crippen molar-refractivity contribution in [2.45, 2.75) is 24.7 Å². The summed E-state index contributed by atoms with van der Waals surface area (Å²) in [5, 5.41) is 11.1. The predicted octanol–water partition coefficient (Wildman–Crippen LogP) is 5.53. The Hall–Kier alpha value is -2.92. The van der Waals surface area contributed by atoms with Crippen LogP contribution in [0.3, 0.4) is 0 Å². The molecule has 1 aromatic carbocycles. The highest BCUT2D eigenvalue weighted by Gasteiger charge is 2.48. The molecule has 12 heteroatoms. The standard InChI is InChI=1S/C20H18ClF3N4O3S/c1-30-12-6-5-10(8-13(12)31-2)25-19(29)17-16(21)18-26-11(14-4-3-7-32-14)9-15(20(22,23)24)28(18)27-17/h3-8,11,15,26H,9H2,1-2H3,(H,25,29)/t11-,15+/m0/s1. The number of aromatic nitrogens is 2. The Balaban J connectivity index is 1.67. The van der Waals surface area contributed by atoms with Gasteiger partial charge >= 0.3 is 6.18 Å². The smallest absolute Gasteiger partial charge is 0.410 e. The Kier molecular flexibility index (Phi) is 5.95. The molecular weight excluding hydrogens is 469 g/mol. The van der Waals surface area contributed by atoms with Gasteiger partial charge in [0.15, 0.2) is 23.2 Å². The van der Waals surface area contributed by atoms with Crippen LogP contribution in [-0.2, 0) is 0 Å². The van der Waals surface area contributed by atoms with Gasteiger partial charge in [0.25, 0.3) is 5.91 Å². The molecular formula is C20H18ClF3N4O3S. The zero-order valence-electron chi connectivity index (χ0n) is 16.9. The lowest BCUT2D eigenvalue weighted by molar-refractivity contribution is -0.173. The monoisotopic (exact) mass is 486 g/mol. The van der Waals surface area contributed by atoms with Crippen molar-refractivity contribution in [1.82, 2.24) is 9.78 Å². The Morgan fingerprint density at radius 3 is 2.66 bits per heavy atom. The molecule has 0 bridgehead atoms. The largest absolute Gasteiger partial charge is 0.493 e. The van der Waals surface area contributed by atoms with Crippen molar-refractivity contribution in [2.75, 3.05) is 24.9 Å². The minimum absolute atomic E-state index is 0.0453. The molecule has 0 aliphatic carbocycles. The lowest BCUT2D eigenvalue weighted by Crippen LogP contribution is -2.35. The summed E-state index contributed by atoms with van der Waals surface area (Å²) in [6.45, 7) is 0. The molecule has 0 saturated carbocycles. The van der Waals surface area contributed by atoms with E-state index in [1.54, 1.807) is 29.6 Å². The van der Waals surface area contributed by atoms with Crippen LogP contribution in [-0.4, -0.2) is 36.1 Å². The second kappa shape index (κ2) is 8.55. The molecule has 0 unspecified atom stereocenters. The highest BCUT2D eigenvalue weighted by Crippen LogP contribution is 2.47. The van der Waals surface area contributed by atoms with Crippen LogP contribution in [0.2, 0.25) is 5.02 Å². The summed E-state index contributed by atoms with van der Waals surface area (Å²) in [5.74, 6) is 0.0339. The highest BCUT2D eigenvalue weighted by atomic mass is 35.5. The van der Waals surface area contributed by atoms with E-state index in [-0.39, 0.29) is 23.0 Å². The zero-order valence-corrected chi connectivity index (χ0v) is 18.4. The first-order chi connectivity index (χ1) is 15.2. The number of thiophene rings is 1. The number of hydrogen-bond acceptors (Lipinski definition) is 6. The molecule has 3 heterocycles. The maximum Gasteiger partial charge on any atom is 0.410 e. The van der Waals surface area contributed by atoms with Crippen molar-refractivity contribution in [3.8, 4) is 11.5 Å². The number of methoxy groups -OCH3 is 2. The fourth-order valence-corrected chi connectivity index (χ4v) is 4.57. The first kappa shape index (κ1) is 22.3. The molecule has 3 aromatic rings. The third-order valence-electron chi connectivity index (χ3n) is 5.04. The van der Waals surface area contributed by atoms with Crippen molar-refractivity contribution in [3.63, 3.8) is 0 Å². The number of nitrogens with one attached hydrogen (secondary N) is 2. The second-order valence-corrected chi connectivity index (χ2v) is 8.34. The molecule has 0 saturated heterocycles. The lowest BCUT2D eigenvalue weighted by atomic mass is 10.0. The molecule has 0 fully saturated rings. The van der Waals surface area contributed by atoms with Gasteiger partial charge in [-0.05, 0) is 23.6 Å². The van der Waals surface area contributed by atoms with E-state index in [0.717, 1.165) is 9.56 Å². The molecule has 7 nitrogen and oxygen atoms in total. The molecule has 1 aliphatic heterocycles. The number of carbonyl (C=O) groups is 1. The topological polar surface area (TPSA) is 77.4 Å². The molecule has 2 N–H and O–H groups in total. The van der Waals surface area contributed by atoms with Crippen molar-refractivity contribution < 1.29 is 27.4 Å². The Labute approximate surface area is 190 Å². The molecule has 32 heavy (non-hydrogen) atoms. The van der Waals surface area contributed by atoms with Crippen LogP contribution >= 0.6 is 22.9 Å². The van der Waals surface area contributed by atoms with Gasteiger partial charge in [-0.15, -0.1) is 11.3 Å². The van der Waals surface area contributed by atoms with E-state index in [2.05, 4.69) is 15.7 Å². The van der Waals surface area contributed by atoms with E-state index in [9.17, 15) is 18.0 Å². The minimum atomic E-state index is -4.57. The number of hydrogen-bond donors (Lipinski definition) is 2. The summed E-state index contributed by atoms with van der Waals surface area (Å²) in [4.78, 5) is 13.6. The van der Waals surface area contributed by atoms with E-state index in [1.807, 2.05) is 0 Å². The van der Waals surface area contributed by atoms with Crippen LogP contribution in [0.4, 0.5) is 24.7 Å². The number of halogens is 4. The fraction of sp³-hybridized carbons (Fsp3) is 0.300. The van der Waals surface area contributed by atoms with Crippen molar-refractivity contribution >= 4 is 40.4 Å². The maximum atomic E-state index is 13.8. The average molecular weight is 487 g/mol. The van der Waals surface area contributed by atoms with Crippen LogP contribution in [0.5, 0.6) is 11.5 Å². The zero-order chi connectivity index (χ0) is 23.0. The summed E-state index contributed by atoms with van der Waals surface area (Å²) in [6, 6.07) is 5.65. The number of anilines is 2. The third kappa shape index (κ3) is 4.09. The van der Waals surface area contributed by atoms with E-state index in [1.165, 1.54) is 31.6 Å². The Morgan fingerprint density at radius 1 is 1.28 bits per heavy atom. The van der Waals surface area contributed by atoms with Crippen LogP contribution in [0.25, 0.3) is 0 Å². The van der Waals surface area contributed by atoms with Gasteiger partial charge in [-0.3, -0.25) is 4.79 Å². The molecule has 0 radical (unpaired) electrons. The Bertz CT molecular complexity index is 1130. The van der Waals surface area contributed by atoms with Gasteiger partial charge in [0, 0.05) is 23.1 Å². The van der Waals surface area contributed by atoms with Gasteiger partial charge < -0.3 is 20.1 Å². The quantitative estimate of drug-likeness (QED) is 0.496. The highest BCUT2D eigenvalue weighted by molar-refractivity contribution is 7.10. The van der Waals surface area contributed by atoms with Crippen molar-refractivity contribution in [1.29, 1.82) is 0 Å². The number of fused-ring (bicyclic) bond motifs is 1. The molecule has 0 spiro atoms. The SMILES string of the molecule is COc1ccc(NC(=O)c2nn3c(c2Cl)N[C@H](c2cccs2)C[C@@H]3C(F)(F)F)cc1OC. The number of benzene rings is 1. The maximum absolute atomic E-state index is 13.8. The minimum Gasteiger partial charge on any atom is -0.493 e. The van der Waals surface area contributed by atoms with Crippen LogP contribution < -0.4 is 20.1 Å². The Morgan fingerprint density at radius 2 is 2.03 bits per heavy atom. The molecule has 170 valence electrons. The van der Waals surface area contributed by atoms with Gasteiger partial charge in [-0.2, -0.15) is 18.3 Å². The van der Waals surface area contributed by atoms with E-state index in [4.69, 9.17) is 21.1 Å². The number of nitrogens with zero attached hydrogens (tertiary/aromatic N) is 2. The van der Waals surface area contributed by atoms with Gasteiger partial charge in [-0.1, -0.05) is 17.7 Å². The molecule has 1 amide bonds. The first-order valence-electron chi connectivity index (χ1n) is 9.41.